The molecule has 0 amide bonds. The van der Waals surface area contributed by atoms with E-state index in [9.17, 15) is 4.79 Å². The zero-order valence-corrected chi connectivity index (χ0v) is 10.8. The van der Waals surface area contributed by atoms with Crippen LogP contribution in [0.2, 0.25) is 0 Å². The van der Waals surface area contributed by atoms with Gasteiger partial charge in [0, 0.05) is 6.54 Å². The van der Waals surface area contributed by atoms with Gasteiger partial charge in [-0.15, -0.1) is 0 Å². The van der Waals surface area contributed by atoms with E-state index in [0.29, 0.717) is 13.2 Å². The first kappa shape index (κ1) is 14.3. The molecule has 0 aliphatic rings. The molecule has 1 N–H and O–H groups in total. The predicted molar refractivity (Wildman–Crippen MR) is 70.5 cm³/mol. The Hall–Kier alpha value is -1.81. The van der Waals surface area contributed by atoms with E-state index in [1.165, 1.54) is 7.11 Å². The van der Waals surface area contributed by atoms with Gasteiger partial charge in [0.25, 0.3) is 0 Å². The van der Waals surface area contributed by atoms with Crippen molar-refractivity contribution >= 4 is 5.97 Å². The van der Waals surface area contributed by atoms with E-state index in [0.717, 1.165) is 11.3 Å². The van der Waals surface area contributed by atoms with Crippen LogP contribution in [-0.4, -0.2) is 25.7 Å². The molecule has 0 saturated heterocycles. The minimum Gasteiger partial charge on any atom is -0.490 e. The zero-order chi connectivity index (χ0) is 13.4. The van der Waals surface area contributed by atoms with Gasteiger partial charge in [-0.25, -0.2) is 0 Å². The standard InChI is InChI=1S/C14H19NO3/c1-4-9-18-13-7-5-12(6-8-13)10-15-11(2)14(16)17-3/h4-8,11,15H,1,9-10H2,2-3H3/t11-/m0/s1. The summed E-state index contributed by atoms with van der Waals surface area (Å²) in [6.45, 7) is 6.47. The molecule has 0 aliphatic carbocycles. The highest BCUT2D eigenvalue weighted by Gasteiger charge is 2.11. The summed E-state index contributed by atoms with van der Waals surface area (Å²) in [4.78, 5) is 11.2. The van der Waals surface area contributed by atoms with E-state index in [2.05, 4.69) is 16.6 Å². The lowest BCUT2D eigenvalue weighted by molar-refractivity contribution is -0.142. The molecule has 0 heterocycles. The Bertz CT molecular complexity index is 387. The lowest BCUT2D eigenvalue weighted by Gasteiger charge is -2.11. The van der Waals surface area contributed by atoms with Gasteiger partial charge in [-0.05, 0) is 24.6 Å². The fraction of sp³-hybridized carbons (Fsp3) is 0.357. The van der Waals surface area contributed by atoms with Crippen LogP contribution >= 0.6 is 0 Å². The minimum atomic E-state index is -0.313. The minimum absolute atomic E-state index is 0.263. The van der Waals surface area contributed by atoms with E-state index in [-0.39, 0.29) is 12.0 Å². The summed E-state index contributed by atoms with van der Waals surface area (Å²) in [5.74, 6) is 0.542. The van der Waals surface area contributed by atoms with Crippen LogP contribution in [0.1, 0.15) is 12.5 Å². The van der Waals surface area contributed by atoms with E-state index >= 15 is 0 Å². The van der Waals surface area contributed by atoms with E-state index in [1.54, 1.807) is 13.0 Å². The maximum absolute atomic E-state index is 11.2. The number of hydrogen-bond acceptors (Lipinski definition) is 4. The van der Waals surface area contributed by atoms with Crippen molar-refractivity contribution in [1.82, 2.24) is 5.32 Å². The second kappa shape index (κ2) is 7.50. The van der Waals surface area contributed by atoms with Crippen LogP contribution in [0.25, 0.3) is 0 Å². The van der Waals surface area contributed by atoms with E-state index < -0.39 is 0 Å². The number of ether oxygens (including phenoxy) is 2. The van der Waals surface area contributed by atoms with Crippen LogP contribution in [0.3, 0.4) is 0 Å². The number of methoxy groups -OCH3 is 1. The van der Waals surface area contributed by atoms with Gasteiger partial charge >= 0.3 is 5.97 Å². The van der Waals surface area contributed by atoms with Crippen LogP contribution in [0, 0.1) is 0 Å². The number of rotatable bonds is 7. The van der Waals surface area contributed by atoms with Gasteiger partial charge in [0.2, 0.25) is 0 Å². The molecular formula is C14H19NO3. The van der Waals surface area contributed by atoms with E-state index in [1.807, 2.05) is 24.3 Å². The number of carbonyl (C=O) groups excluding carboxylic acids is 1. The van der Waals surface area contributed by atoms with Crippen molar-refractivity contribution in [2.45, 2.75) is 19.5 Å². The third-order valence-electron chi connectivity index (χ3n) is 2.46. The number of hydrogen-bond donors (Lipinski definition) is 1. The topological polar surface area (TPSA) is 47.6 Å². The Morgan fingerprint density at radius 2 is 2.11 bits per heavy atom. The van der Waals surface area contributed by atoms with Gasteiger partial charge in [-0.1, -0.05) is 24.8 Å². The smallest absolute Gasteiger partial charge is 0.322 e. The lowest BCUT2D eigenvalue weighted by Crippen LogP contribution is -2.34. The average molecular weight is 249 g/mol. The Morgan fingerprint density at radius 1 is 1.44 bits per heavy atom. The monoisotopic (exact) mass is 249 g/mol. The molecule has 0 aliphatic heterocycles. The molecule has 4 heteroatoms. The fourth-order valence-corrected chi connectivity index (χ4v) is 1.39. The molecule has 18 heavy (non-hydrogen) atoms. The quantitative estimate of drug-likeness (QED) is 0.592. The summed E-state index contributed by atoms with van der Waals surface area (Å²) in [7, 11) is 1.38. The summed E-state index contributed by atoms with van der Waals surface area (Å²) in [6.07, 6.45) is 1.70. The summed E-state index contributed by atoms with van der Waals surface area (Å²) < 4.78 is 10.0. The second-order valence-electron chi connectivity index (χ2n) is 3.87. The van der Waals surface area contributed by atoms with Gasteiger partial charge in [0.05, 0.1) is 7.11 Å². The molecule has 98 valence electrons. The number of carbonyl (C=O) groups is 1. The summed E-state index contributed by atoms with van der Waals surface area (Å²) >= 11 is 0. The Kier molecular flexibility index (Phi) is 5.94. The second-order valence-corrected chi connectivity index (χ2v) is 3.87. The highest BCUT2D eigenvalue weighted by atomic mass is 16.5. The summed E-state index contributed by atoms with van der Waals surface area (Å²) in [5.41, 5.74) is 1.08. The fourth-order valence-electron chi connectivity index (χ4n) is 1.39. The van der Waals surface area contributed by atoms with Gasteiger partial charge in [0.1, 0.15) is 18.4 Å². The third kappa shape index (κ3) is 4.59. The van der Waals surface area contributed by atoms with E-state index in [4.69, 9.17) is 4.74 Å². The van der Waals surface area contributed by atoms with Crippen LogP contribution in [0.15, 0.2) is 36.9 Å². The van der Waals surface area contributed by atoms with Gasteiger partial charge in [-0.3, -0.25) is 4.79 Å². The van der Waals surface area contributed by atoms with Gasteiger partial charge in [0.15, 0.2) is 0 Å². The number of benzene rings is 1. The molecule has 4 nitrogen and oxygen atoms in total. The average Bonchev–Trinajstić information content (AvgIpc) is 2.42. The van der Waals surface area contributed by atoms with Crippen molar-refractivity contribution in [3.8, 4) is 5.75 Å². The van der Waals surface area contributed by atoms with Gasteiger partial charge in [-0.2, -0.15) is 0 Å². The van der Waals surface area contributed by atoms with Crippen LogP contribution in [0.5, 0.6) is 5.75 Å². The van der Waals surface area contributed by atoms with Crippen LogP contribution in [0.4, 0.5) is 0 Å². The first-order valence-corrected chi connectivity index (χ1v) is 5.81. The molecule has 1 rings (SSSR count). The molecule has 1 aromatic carbocycles. The maximum Gasteiger partial charge on any atom is 0.322 e. The largest absolute Gasteiger partial charge is 0.490 e. The van der Waals surface area contributed by atoms with Crippen molar-refractivity contribution in [3.05, 3.63) is 42.5 Å². The first-order valence-electron chi connectivity index (χ1n) is 5.81. The van der Waals surface area contributed by atoms with Crippen molar-refractivity contribution in [2.24, 2.45) is 0 Å². The predicted octanol–water partition coefficient (Wildman–Crippen LogP) is 1.90. The normalized spacial score (nSPS) is 11.7. The zero-order valence-electron chi connectivity index (χ0n) is 10.8. The lowest BCUT2D eigenvalue weighted by atomic mass is 10.2. The SMILES string of the molecule is C=CCOc1ccc(CN[C@@H](C)C(=O)OC)cc1. The number of esters is 1. The third-order valence-corrected chi connectivity index (χ3v) is 2.46. The molecule has 0 saturated carbocycles. The van der Waals surface area contributed by atoms with Crippen molar-refractivity contribution in [3.63, 3.8) is 0 Å². The summed E-state index contributed by atoms with van der Waals surface area (Å²) in [6, 6.07) is 7.38. The molecular weight excluding hydrogens is 230 g/mol. The Labute approximate surface area is 108 Å². The van der Waals surface area contributed by atoms with Gasteiger partial charge < -0.3 is 14.8 Å². The van der Waals surface area contributed by atoms with Crippen molar-refractivity contribution in [2.75, 3.05) is 13.7 Å². The molecule has 0 fully saturated rings. The molecule has 0 aromatic heterocycles. The highest BCUT2D eigenvalue weighted by Crippen LogP contribution is 2.12. The molecule has 0 radical (unpaired) electrons. The maximum atomic E-state index is 11.2. The Morgan fingerprint density at radius 3 is 2.67 bits per heavy atom. The van der Waals surface area contributed by atoms with Crippen molar-refractivity contribution < 1.29 is 14.3 Å². The molecule has 0 unspecified atom stereocenters. The van der Waals surface area contributed by atoms with Crippen molar-refractivity contribution in [1.29, 1.82) is 0 Å². The highest BCUT2D eigenvalue weighted by molar-refractivity contribution is 5.75. The first-order chi connectivity index (χ1) is 8.67. The molecule has 0 spiro atoms. The number of nitrogens with one attached hydrogen (secondary N) is 1. The van der Waals surface area contributed by atoms with Crippen LogP contribution in [-0.2, 0) is 16.1 Å². The molecule has 1 atom stereocenters. The Balaban J connectivity index is 2.43. The molecule has 0 bridgehead atoms. The summed E-state index contributed by atoms with van der Waals surface area (Å²) in [5, 5.41) is 3.08. The van der Waals surface area contributed by atoms with Crippen LogP contribution < -0.4 is 10.1 Å². The molecule has 1 aromatic rings.